The highest BCUT2D eigenvalue weighted by Crippen LogP contribution is 2.21. The zero-order valence-electron chi connectivity index (χ0n) is 11.7. The molecule has 0 unspecified atom stereocenters. The third-order valence-corrected chi connectivity index (χ3v) is 3.13. The van der Waals surface area contributed by atoms with Crippen molar-refractivity contribution < 1.29 is 4.74 Å². The van der Waals surface area contributed by atoms with Crippen LogP contribution >= 0.6 is 0 Å². The van der Waals surface area contributed by atoms with Gasteiger partial charge in [0.25, 0.3) is 5.56 Å². The third-order valence-electron chi connectivity index (χ3n) is 3.13. The molecule has 0 atom stereocenters. The number of hydrogen-bond donors (Lipinski definition) is 1. The van der Waals surface area contributed by atoms with E-state index in [0.717, 1.165) is 16.5 Å². The van der Waals surface area contributed by atoms with Gasteiger partial charge in [0.05, 0.1) is 11.2 Å². The van der Waals surface area contributed by atoms with Crippen LogP contribution in [0.15, 0.2) is 47.4 Å². The number of ether oxygens (including phenoxy) is 1. The molecule has 1 aromatic carbocycles. The van der Waals surface area contributed by atoms with E-state index in [4.69, 9.17) is 4.74 Å². The molecule has 0 radical (unpaired) electrons. The molecule has 2 aromatic heterocycles. The van der Waals surface area contributed by atoms with Crippen LogP contribution in [-0.4, -0.2) is 21.6 Å². The van der Waals surface area contributed by atoms with Crippen molar-refractivity contribution in [2.24, 2.45) is 0 Å². The quantitative estimate of drug-likeness (QED) is 0.798. The molecule has 2 heterocycles. The monoisotopic (exact) mass is 281 g/mol. The van der Waals surface area contributed by atoms with E-state index in [2.05, 4.69) is 15.0 Å². The number of nitrogens with zero attached hydrogens (tertiary/aromatic N) is 2. The first-order chi connectivity index (χ1) is 10.3. The van der Waals surface area contributed by atoms with Crippen LogP contribution in [0.1, 0.15) is 12.7 Å². The molecule has 0 fully saturated rings. The number of fused-ring (bicyclic) bond motifs is 1. The fraction of sp³-hybridized carbons (Fsp3) is 0.188. The van der Waals surface area contributed by atoms with Crippen LogP contribution in [0.4, 0.5) is 0 Å². The molecule has 21 heavy (non-hydrogen) atoms. The lowest BCUT2D eigenvalue weighted by atomic mass is 10.1. The Balaban J connectivity index is 2.04. The van der Waals surface area contributed by atoms with Crippen LogP contribution in [0, 0.1) is 0 Å². The molecule has 0 aliphatic carbocycles. The first-order valence-electron chi connectivity index (χ1n) is 6.79. The average Bonchev–Trinajstić information content (AvgIpc) is 2.52. The summed E-state index contributed by atoms with van der Waals surface area (Å²) in [6, 6.07) is 11.2. The van der Waals surface area contributed by atoms with Crippen molar-refractivity contribution >= 4 is 10.9 Å². The fourth-order valence-electron chi connectivity index (χ4n) is 2.16. The van der Waals surface area contributed by atoms with E-state index in [0.29, 0.717) is 24.7 Å². The van der Waals surface area contributed by atoms with Gasteiger partial charge < -0.3 is 9.72 Å². The number of rotatable bonds is 4. The summed E-state index contributed by atoms with van der Waals surface area (Å²) < 4.78 is 5.29. The molecule has 1 N–H and O–H groups in total. The predicted octanol–water partition coefficient (Wildman–Crippen LogP) is 2.52. The zero-order chi connectivity index (χ0) is 14.7. The predicted molar refractivity (Wildman–Crippen MR) is 80.9 cm³/mol. The van der Waals surface area contributed by atoms with Gasteiger partial charge in [-0.1, -0.05) is 12.1 Å². The number of H-pyrrole nitrogens is 1. The molecule has 5 heteroatoms. The van der Waals surface area contributed by atoms with Gasteiger partial charge in [-0.05, 0) is 25.1 Å². The minimum Gasteiger partial charge on any atom is -0.374 e. The standard InChI is InChI=1S/C16H15N3O2/c1-2-21-10-15-18-14(9-16(20)19-15)12-5-6-13-11(8-12)4-3-7-17-13/h3-9H,2,10H2,1H3,(H,18,19,20). The van der Waals surface area contributed by atoms with Gasteiger partial charge >= 0.3 is 0 Å². The molecule has 0 aliphatic rings. The molecule has 5 nitrogen and oxygen atoms in total. The Labute approximate surface area is 121 Å². The molecule has 0 aliphatic heterocycles. The summed E-state index contributed by atoms with van der Waals surface area (Å²) in [4.78, 5) is 23.2. The first kappa shape index (κ1) is 13.5. The summed E-state index contributed by atoms with van der Waals surface area (Å²) in [7, 11) is 0. The van der Waals surface area contributed by atoms with Crippen molar-refractivity contribution in [1.82, 2.24) is 15.0 Å². The second kappa shape index (κ2) is 5.85. The number of aromatic amines is 1. The summed E-state index contributed by atoms with van der Waals surface area (Å²) in [5, 5.41) is 1.02. The number of nitrogens with one attached hydrogen (secondary N) is 1. The van der Waals surface area contributed by atoms with Gasteiger partial charge in [0, 0.05) is 29.8 Å². The molecular weight excluding hydrogens is 266 g/mol. The van der Waals surface area contributed by atoms with E-state index in [1.165, 1.54) is 6.07 Å². The summed E-state index contributed by atoms with van der Waals surface area (Å²) >= 11 is 0. The molecule has 0 saturated carbocycles. The minimum atomic E-state index is -0.180. The van der Waals surface area contributed by atoms with E-state index in [1.54, 1.807) is 6.20 Å². The summed E-state index contributed by atoms with van der Waals surface area (Å²) in [6.07, 6.45) is 1.76. The number of benzene rings is 1. The minimum absolute atomic E-state index is 0.180. The first-order valence-corrected chi connectivity index (χ1v) is 6.79. The van der Waals surface area contributed by atoms with E-state index in [9.17, 15) is 4.79 Å². The molecule has 3 aromatic rings. The average molecular weight is 281 g/mol. The van der Waals surface area contributed by atoms with Crippen molar-refractivity contribution in [1.29, 1.82) is 0 Å². The lowest BCUT2D eigenvalue weighted by Gasteiger charge is -2.06. The van der Waals surface area contributed by atoms with Crippen molar-refractivity contribution in [2.45, 2.75) is 13.5 Å². The maximum Gasteiger partial charge on any atom is 0.251 e. The lowest BCUT2D eigenvalue weighted by Crippen LogP contribution is -2.12. The Morgan fingerprint density at radius 1 is 1.24 bits per heavy atom. The highest BCUT2D eigenvalue weighted by atomic mass is 16.5. The van der Waals surface area contributed by atoms with E-state index >= 15 is 0 Å². The van der Waals surface area contributed by atoms with Gasteiger partial charge in [-0.2, -0.15) is 0 Å². The topological polar surface area (TPSA) is 67.9 Å². The van der Waals surface area contributed by atoms with Crippen LogP contribution in [0.3, 0.4) is 0 Å². The van der Waals surface area contributed by atoms with Crippen LogP contribution in [-0.2, 0) is 11.3 Å². The maximum atomic E-state index is 11.7. The normalized spacial score (nSPS) is 10.9. The highest BCUT2D eigenvalue weighted by Gasteiger charge is 2.05. The second-order valence-corrected chi connectivity index (χ2v) is 4.63. The molecular formula is C16H15N3O2. The van der Waals surface area contributed by atoms with Crippen LogP contribution in [0.2, 0.25) is 0 Å². The Morgan fingerprint density at radius 2 is 2.14 bits per heavy atom. The lowest BCUT2D eigenvalue weighted by molar-refractivity contribution is 0.128. The number of pyridine rings is 1. The van der Waals surface area contributed by atoms with Crippen molar-refractivity contribution in [3.63, 3.8) is 0 Å². The van der Waals surface area contributed by atoms with Crippen molar-refractivity contribution in [3.05, 3.63) is 58.8 Å². The molecule has 0 bridgehead atoms. The van der Waals surface area contributed by atoms with Crippen LogP contribution in [0.5, 0.6) is 0 Å². The third kappa shape index (κ3) is 2.98. The van der Waals surface area contributed by atoms with Crippen LogP contribution < -0.4 is 5.56 Å². The second-order valence-electron chi connectivity index (χ2n) is 4.63. The van der Waals surface area contributed by atoms with E-state index < -0.39 is 0 Å². The van der Waals surface area contributed by atoms with Gasteiger partial charge in [0.1, 0.15) is 12.4 Å². The van der Waals surface area contributed by atoms with E-state index in [-0.39, 0.29) is 5.56 Å². The Hall–Kier alpha value is -2.53. The summed E-state index contributed by atoms with van der Waals surface area (Å²) in [6.45, 7) is 2.78. The molecule has 0 amide bonds. The van der Waals surface area contributed by atoms with Gasteiger partial charge in [-0.25, -0.2) is 4.98 Å². The molecule has 3 rings (SSSR count). The molecule has 106 valence electrons. The molecule has 0 spiro atoms. The number of hydrogen-bond acceptors (Lipinski definition) is 4. The Bertz CT molecular complexity index is 827. The van der Waals surface area contributed by atoms with Gasteiger partial charge in [0.15, 0.2) is 0 Å². The van der Waals surface area contributed by atoms with E-state index in [1.807, 2.05) is 37.3 Å². The maximum absolute atomic E-state index is 11.7. The van der Waals surface area contributed by atoms with Crippen molar-refractivity contribution in [2.75, 3.05) is 6.61 Å². The van der Waals surface area contributed by atoms with Crippen LogP contribution in [0.25, 0.3) is 22.2 Å². The SMILES string of the molecule is CCOCc1nc(-c2ccc3ncccc3c2)cc(=O)[nH]1. The van der Waals surface area contributed by atoms with Crippen molar-refractivity contribution in [3.8, 4) is 11.3 Å². The largest absolute Gasteiger partial charge is 0.374 e. The summed E-state index contributed by atoms with van der Waals surface area (Å²) in [5.74, 6) is 0.533. The smallest absolute Gasteiger partial charge is 0.251 e. The number of aromatic nitrogens is 3. The van der Waals surface area contributed by atoms with Gasteiger partial charge in [-0.15, -0.1) is 0 Å². The zero-order valence-corrected chi connectivity index (χ0v) is 11.7. The highest BCUT2D eigenvalue weighted by molar-refractivity contribution is 5.83. The summed E-state index contributed by atoms with van der Waals surface area (Å²) in [5.41, 5.74) is 2.26. The molecule has 0 saturated heterocycles. The Morgan fingerprint density at radius 3 is 3.00 bits per heavy atom. The Kier molecular flexibility index (Phi) is 3.75. The fourth-order valence-corrected chi connectivity index (χ4v) is 2.16. The van der Waals surface area contributed by atoms with Gasteiger partial charge in [-0.3, -0.25) is 9.78 Å². The van der Waals surface area contributed by atoms with Gasteiger partial charge in [0.2, 0.25) is 0 Å².